The molecule has 1 aromatic heterocycles. The fourth-order valence-corrected chi connectivity index (χ4v) is 2.83. The van der Waals surface area contributed by atoms with Crippen LogP contribution in [-0.4, -0.2) is 20.6 Å². The molecule has 2 aromatic carbocycles. The fourth-order valence-electron chi connectivity index (χ4n) is 2.83. The van der Waals surface area contributed by atoms with Crippen LogP contribution in [0.3, 0.4) is 0 Å². The highest BCUT2D eigenvalue weighted by molar-refractivity contribution is 5.91. The molecule has 1 heterocycles. The number of aromatic nitrogens is 2. The first kappa shape index (κ1) is 22.7. The molecule has 0 saturated heterocycles. The van der Waals surface area contributed by atoms with E-state index in [9.17, 15) is 32.5 Å². The van der Waals surface area contributed by atoms with Gasteiger partial charge in [-0.3, -0.25) is 19.6 Å². The minimum absolute atomic E-state index is 0.0486. The second-order valence-electron chi connectivity index (χ2n) is 6.69. The number of non-ortho nitro benzene ring substituents is 1. The van der Waals surface area contributed by atoms with Crippen LogP contribution in [0, 0.1) is 17.0 Å². The standard InChI is InChI=1S/C20H16F4N4O4/c1-11-3-2-4-14(5-11)32-15-7-12(6-13(8-15)28(30)31)25-18(29)10-27-17(20(23)24)9-16(26-27)19(21)22/h2-9,19-20H,10H2,1H3,(H,25,29). The number of carbonyl (C=O) groups excluding carboxylic acids is 1. The molecule has 1 N–H and O–H groups in total. The molecule has 32 heavy (non-hydrogen) atoms. The van der Waals surface area contributed by atoms with Crippen LogP contribution in [0.1, 0.15) is 29.8 Å². The minimum atomic E-state index is -3.13. The van der Waals surface area contributed by atoms with Crippen molar-refractivity contribution in [3.05, 3.63) is 75.6 Å². The largest absolute Gasteiger partial charge is 0.457 e. The Kier molecular flexibility index (Phi) is 6.71. The quantitative estimate of drug-likeness (QED) is 0.280. The third kappa shape index (κ3) is 5.59. The van der Waals surface area contributed by atoms with Crippen molar-refractivity contribution in [2.45, 2.75) is 26.3 Å². The van der Waals surface area contributed by atoms with Gasteiger partial charge in [-0.2, -0.15) is 5.10 Å². The number of nitro benzene ring substituents is 1. The number of nitrogens with one attached hydrogen (secondary N) is 1. The number of benzene rings is 2. The first-order valence-corrected chi connectivity index (χ1v) is 9.10. The summed E-state index contributed by atoms with van der Waals surface area (Å²) >= 11 is 0. The average Bonchev–Trinajstić information content (AvgIpc) is 3.12. The maximum atomic E-state index is 13.1. The van der Waals surface area contributed by atoms with E-state index in [0.29, 0.717) is 16.5 Å². The van der Waals surface area contributed by atoms with Gasteiger partial charge < -0.3 is 10.1 Å². The summed E-state index contributed by atoms with van der Waals surface area (Å²) in [6.45, 7) is 1.03. The first-order valence-electron chi connectivity index (χ1n) is 9.10. The van der Waals surface area contributed by atoms with Crippen LogP contribution in [-0.2, 0) is 11.3 Å². The molecule has 3 aromatic rings. The predicted molar refractivity (Wildman–Crippen MR) is 105 cm³/mol. The zero-order valence-corrected chi connectivity index (χ0v) is 16.5. The number of rotatable bonds is 8. The summed E-state index contributed by atoms with van der Waals surface area (Å²) in [5.41, 5.74) is -1.29. The summed E-state index contributed by atoms with van der Waals surface area (Å²) in [4.78, 5) is 22.9. The van der Waals surface area contributed by atoms with Crippen LogP contribution < -0.4 is 10.1 Å². The van der Waals surface area contributed by atoms with Gasteiger partial charge in [-0.1, -0.05) is 12.1 Å². The number of anilines is 1. The Hall–Kier alpha value is -3.96. The van der Waals surface area contributed by atoms with E-state index in [1.807, 2.05) is 13.0 Å². The molecule has 0 saturated carbocycles. The van der Waals surface area contributed by atoms with Gasteiger partial charge >= 0.3 is 0 Å². The van der Waals surface area contributed by atoms with Gasteiger partial charge in [0.1, 0.15) is 29.4 Å². The lowest BCUT2D eigenvalue weighted by molar-refractivity contribution is -0.384. The number of hydrogen-bond acceptors (Lipinski definition) is 5. The van der Waals surface area contributed by atoms with Gasteiger partial charge in [-0.15, -0.1) is 0 Å². The zero-order valence-electron chi connectivity index (χ0n) is 16.5. The van der Waals surface area contributed by atoms with Gasteiger partial charge in [0.05, 0.1) is 16.7 Å². The zero-order chi connectivity index (χ0) is 23.4. The maximum Gasteiger partial charge on any atom is 0.282 e. The highest BCUT2D eigenvalue weighted by Crippen LogP contribution is 2.30. The van der Waals surface area contributed by atoms with E-state index < -0.39 is 47.3 Å². The topological polar surface area (TPSA) is 99.3 Å². The summed E-state index contributed by atoms with van der Waals surface area (Å²) in [7, 11) is 0. The molecule has 1 amide bonds. The molecule has 168 valence electrons. The second kappa shape index (κ2) is 9.45. The smallest absolute Gasteiger partial charge is 0.282 e. The van der Waals surface area contributed by atoms with Crippen LogP contribution in [0.2, 0.25) is 0 Å². The van der Waals surface area contributed by atoms with Crippen LogP contribution in [0.15, 0.2) is 48.5 Å². The number of aryl methyl sites for hydroxylation is 1. The van der Waals surface area contributed by atoms with E-state index in [0.717, 1.165) is 17.7 Å². The molecule has 0 atom stereocenters. The molecule has 0 radical (unpaired) electrons. The van der Waals surface area contributed by atoms with E-state index in [-0.39, 0.29) is 11.4 Å². The monoisotopic (exact) mass is 452 g/mol. The summed E-state index contributed by atoms with van der Waals surface area (Å²) < 4.78 is 57.8. The lowest BCUT2D eigenvalue weighted by Gasteiger charge is -2.11. The molecular weight excluding hydrogens is 436 g/mol. The number of halogens is 4. The molecule has 0 fully saturated rings. The summed E-state index contributed by atoms with van der Waals surface area (Å²) in [5, 5.41) is 16.9. The van der Waals surface area contributed by atoms with Crippen LogP contribution in [0.25, 0.3) is 0 Å². The summed E-state index contributed by atoms with van der Waals surface area (Å²) in [6, 6.07) is 10.9. The number of amides is 1. The Labute approximate surface area is 178 Å². The Morgan fingerprint density at radius 1 is 1.12 bits per heavy atom. The van der Waals surface area contributed by atoms with Crippen molar-refractivity contribution in [2.24, 2.45) is 0 Å². The van der Waals surface area contributed by atoms with Gasteiger partial charge in [-0.05, 0) is 30.7 Å². The number of alkyl halides is 4. The fraction of sp³-hybridized carbons (Fsp3) is 0.200. The Bertz CT molecular complexity index is 1150. The van der Waals surface area contributed by atoms with Crippen molar-refractivity contribution >= 4 is 17.3 Å². The second-order valence-corrected chi connectivity index (χ2v) is 6.69. The van der Waals surface area contributed by atoms with Gasteiger partial charge in [0.2, 0.25) is 5.91 Å². The van der Waals surface area contributed by atoms with E-state index >= 15 is 0 Å². The molecule has 0 aliphatic rings. The van der Waals surface area contributed by atoms with Crippen LogP contribution in [0.4, 0.5) is 28.9 Å². The number of nitro groups is 1. The van der Waals surface area contributed by atoms with Crippen LogP contribution in [0.5, 0.6) is 11.5 Å². The minimum Gasteiger partial charge on any atom is -0.457 e. The van der Waals surface area contributed by atoms with Gasteiger partial charge in [0, 0.05) is 12.1 Å². The SMILES string of the molecule is Cc1cccc(Oc2cc(NC(=O)Cn3nc(C(F)F)cc3C(F)F)cc([N+](=O)[O-])c2)c1. The van der Waals surface area contributed by atoms with E-state index in [4.69, 9.17) is 4.74 Å². The number of ether oxygens (including phenoxy) is 1. The molecule has 0 aliphatic carbocycles. The molecule has 0 unspecified atom stereocenters. The Balaban J connectivity index is 1.82. The lowest BCUT2D eigenvalue weighted by Crippen LogP contribution is -2.21. The van der Waals surface area contributed by atoms with Gasteiger partial charge in [0.25, 0.3) is 18.5 Å². The molecule has 0 bridgehead atoms. The van der Waals surface area contributed by atoms with Crippen molar-refractivity contribution in [1.82, 2.24) is 9.78 Å². The summed E-state index contributed by atoms with van der Waals surface area (Å²) in [6.07, 6.45) is -6.22. The highest BCUT2D eigenvalue weighted by atomic mass is 19.3. The number of carbonyl (C=O) groups is 1. The molecular formula is C20H16F4N4O4. The van der Waals surface area contributed by atoms with E-state index in [2.05, 4.69) is 10.4 Å². The van der Waals surface area contributed by atoms with Crippen LogP contribution >= 0.6 is 0 Å². The van der Waals surface area contributed by atoms with Gasteiger partial charge in [0.15, 0.2) is 0 Å². The number of hydrogen-bond donors (Lipinski definition) is 1. The lowest BCUT2D eigenvalue weighted by atomic mass is 10.2. The van der Waals surface area contributed by atoms with Crippen molar-refractivity contribution < 1.29 is 32.0 Å². The molecule has 3 rings (SSSR count). The molecule has 0 aliphatic heterocycles. The van der Waals surface area contributed by atoms with E-state index in [1.54, 1.807) is 18.2 Å². The van der Waals surface area contributed by atoms with Crippen molar-refractivity contribution in [3.63, 3.8) is 0 Å². The Morgan fingerprint density at radius 3 is 2.50 bits per heavy atom. The summed E-state index contributed by atoms with van der Waals surface area (Å²) in [5.74, 6) is -0.453. The Morgan fingerprint density at radius 2 is 1.88 bits per heavy atom. The predicted octanol–water partition coefficient (Wildman–Crippen LogP) is 5.41. The van der Waals surface area contributed by atoms with Crippen molar-refractivity contribution in [2.75, 3.05) is 5.32 Å². The highest BCUT2D eigenvalue weighted by Gasteiger charge is 2.22. The normalized spacial score (nSPS) is 11.1. The molecule has 12 heteroatoms. The number of nitrogens with zero attached hydrogens (tertiary/aromatic N) is 3. The molecule has 8 nitrogen and oxygen atoms in total. The van der Waals surface area contributed by atoms with E-state index in [1.165, 1.54) is 6.07 Å². The molecule has 0 spiro atoms. The first-order chi connectivity index (χ1) is 15.1. The van der Waals surface area contributed by atoms with Gasteiger partial charge in [-0.25, -0.2) is 17.6 Å². The third-order valence-corrected chi connectivity index (χ3v) is 4.18. The third-order valence-electron chi connectivity index (χ3n) is 4.18. The maximum absolute atomic E-state index is 13.1. The van der Waals surface area contributed by atoms with Crippen molar-refractivity contribution in [1.29, 1.82) is 0 Å². The van der Waals surface area contributed by atoms with Crippen molar-refractivity contribution in [3.8, 4) is 11.5 Å². The average molecular weight is 452 g/mol.